The van der Waals surface area contributed by atoms with E-state index < -0.39 is 171 Å². The minimum absolute atomic E-state index is 0.380. The molecule has 0 radical (unpaired) electrons. The van der Waals surface area contributed by atoms with E-state index in [0.717, 1.165) is 30.3 Å². The summed E-state index contributed by atoms with van der Waals surface area (Å²) < 4.78 is 0. The van der Waals surface area contributed by atoms with Crippen LogP contribution in [-0.4, -0.2) is 104 Å². The molecule has 0 saturated heterocycles. The van der Waals surface area contributed by atoms with E-state index in [2.05, 4.69) is 0 Å². The lowest BCUT2D eigenvalue weighted by molar-refractivity contribution is -0.104. The molecule has 0 amide bonds. The number of hydrogen-bond donors (Lipinski definition) is 17. The van der Waals surface area contributed by atoms with Crippen LogP contribution in [0.5, 0.6) is 121 Å². The molecular formula is C39H26O24. The van der Waals surface area contributed by atoms with Crippen LogP contribution in [0.1, 0.15) is 47.8 Å². The zero-order valence-electron chi connectivity index (χ0n) is 30.7. The minimum Gasteiger partial charge on any atom is -0.507 e. The van der Waals surface area contributed by atoms with E-state index in [1.807, 2.05) is 0 Å². The quantitative estimate of drug-likeness (QED) is 0.0276. The van der Waals surface area contributed by atoms with Crippen molar-refractivity contribution < 1.29 is 121 Å². The van der Waals surface area contributed by atoms with Crippen molar-refractivity contribution in [2.45, 2.75) is 0 Å². The second-order valence-electron chi connectivity index (χ2n) is 12.7. The predicted molar refractivity (Wildman–Crippen MR) is 200 cm³/mol. The van der Waals surface area contributed by atoms with Gasteiger partial charge < -0.3 is 86.8 Å². The van der Waals surface area contributed by atoms with Crippen LogP contribution in [0, 0.1) is 0 Å². The Kier molecular flexibility index (Phi) is 10.7. The molecule has 63 heavy (non-hydrogen) atoms. The van der Waals surface area contributed by atoms with Crippen LogP contribution in [0.25, 0.3) is 0 Å². The van der Waals surface area contributed by atoms with Crippen LogP contribution in [0.3, 0.4) is 0 Å². The molecule has 0 aromatic heterocycles. The molecule has 17 N–H and O–H groups in total. The molecule has 0 fully saturated rings. The largest absolute Gasteiger partial charge is 0.507 e. The van der Waals surface area contributed by atoms with Gasteiger partial charge in [-0.25, -0.2) is 0 Å². The van der Waals surface area contributed by atoms with Crippen molar-refractivity contribution >= 4 is 17.3 Å². The second kappa shape index (κ2) is 15.7. The van der Waals surface area contributed by atoms with Gasteiger partial charge in [-0.15, -0.1) is 0 Å². The highest BCUT2D eigenvalue weighted by atomic mass is 17.2. The van der Waals surface area contributed by atoms with Crippen LogP contribution in [0.15, 0.2) is 54.6 Å². The van der Waals surface area contributed by atoms with Crippen LogP contribution >= 0.6 is 0 Å². The van der Waals surface area contributed by atoms with Gasteiger partial charge in [-0.05, 0) is 36.4 Å². The second-order valence-corrected chi connectivity index (χ2v) is 12.7. The van der Waals surface area contributed by atoms with Crippen LogP contribution in [0.2, 0.25) is 0 Å². The number of hydrogen-bond acceptors (Lipinski definition) is 24. The maximum atomic E-state index is 13.9. The number of phenolic OH excluding ortho intramolecular Hbond substituents is 17. The summed E-state index contributed by atoms with van der Waals surface area (Å²) in [6, 6.07) is 6.55. The Hall–Kier alpha value is -9.87. The van der Waals surface area contributed by atoms with Gasteiger partial charge in [0, 0.05) is 12.1 Å². The summed E-state index contributed by atoms with van der Waals surface area (Å²) >= 11 is 0. The van der Waals surface area contributed by atoms with Gasteiger partial charge >= 0.3 is 0 Å². The van der Waals surface area contributed by atoms with Gasteiger partial charge in [-0.1, -0.05) is 6.07 Å². The fraction of sp³-hybridized carbons (Fsp3) is 0. The lowest BCUT2D eigenvalue weighted by Gasteiger charge is -2.17. The zero-order chi connectivity index (χ0) is 46.5. The van der Waals surface area contributed by atoms with Crippen molar-refractivity contribution in [3.63, 3.8) is 0 Å². The molecule has 0 aliphatic carbocycles. The Morgan fingerprint density at radius 2 is 0.810 bits per heavy atom. The number of phenols is 17. The first-order valence-corrected chi connectivity index (χ1v) is 16.8. The topological polar surface area (TPSA) is 432 Å². The van der Waals surface area contributed by atoms with E-state index in [-0.39, 0.29) is 0 Å². The molecule has 0 aliphatic heterocycles. The standard InChI is InChI=1S/C39H26O24/c40-12-3-1-2-10(24(12)46)26(48)23-34(56)36(58)37(59)39(35(23)57)63-61-19-9-17(45)30(52)33(55)22(19)25(47)11-4-5-14(42)38(27(11)49)62-60-18-7-6-13(41)28(50)21(18)31(53)20-15(43)8-16(44)29(51)32(20)54/h1-9,40-46,49-52,54-59H. The maximum Gasteiger partial charge on any atom is 0.266 e. The molecule has 6 aromatic rings. The first-order valence-electron chi connectivity index (χ1n) is 16.8. The molecule has 326 valence electrons. The summed E-state index contributed by atoms with van der Waals surface area (Å²) in [5, 5.41) is 176. The van der Waals surface area contributed by atoms with Crippen molar-refractivity contribution in [3.8, 4) is 121 Å². The van der Waals surface area contributed by atoms with E-state index in [4.69, 9.17) is 19.6 Å². The summed E-state index contributed by atoms with van der Waals surface area (Å²) in [6.45, 7) is 0. The summed E-state index contributed by atoms with van der Waals surface area (Å²) in [4.78, 5) is 60.3. The monoisotopic (exact) mass is 878 g/mol. The van der Waals surface area contributed by atoms with Crippen LogP contribution in [0.4, 0.5) is 0 Å². The van der Waals surface area contributed by atoms with Crippen LogP contribution < -0.4 is 19.6 Å². The molecule has 0 saturated carbocycles. The van der Waals surface area contributed by atoms with Gasteiger partial charge in [-0.3, -0.25) is 33.9 Å². The predicted octanol–water partition coefficient (Wildman–Crippen LogP) is 3.12. The van der Waals surface area contributed by atoms with E-state index in [1.165, 1.54) is 0 Å². The molecule has 0 atom stereocenters. The highest BCUT2D eigenvalue weighted by Gasteiger charge is 2.35. The SMILES string of the molecule is O=C(c1c(O)cc(O)c(O)c1O)c1c(OOc2c(O)ccc(C(=O)c3c(OOc4c(O)c(O)c(O)c(C(=O)c5cccc(O)c5O)c4O)cc(O)c(O)c3O)c2O)ccc(O)c1O. The van der Waals surface area contributed by atoms with Gasteiger partial charge in [0.15, 0.2) is 80.5 Å². The summed E-state index contributed by atoms with van der Waals surface area (Å²) in [5.41, 5.74) is -6.53. The third kappa shape index (κ3) is 7.07. The van der Waals surface area contributed by atoms with Gasteiger partial charge in [0.25, 0.3) is 11.5 Å². The first-order chi connectivity index (χ1) is 29.6. The van der Waals surface area contributed by atoms with Gasteiger partial charge in [0.05, 0.1) is 11.1 Å². The number of aromatic hydroxyl groups is 17. The van der Waals surface area contributed by atoms with E-state index in [9.17, 15) is 101 Å². The third-order valence-electron chi connectivity index (χ3n) is 8.87. The number of ketones is 3. The molecule has 0 spiro atoms. The van der Waals surface area contributed by atoms with Gasteiger partial charge in [0.1, 0.15) is 28.0 Å². The Morgan fingerprint density at radius 3 is 1.48 bits per heavy atom. The average molecular weight is 879 g/mol. The molecular weight excluding hydrogens is 852 g/mol. The lowest BCUT2D eigenvalue weighted by Crippen LogP contribution is -2.11. The molecule has 6 rings (SSSR count). The minimum atomic E-state index is -1.61. The van der Waals surface area contributed by atoms with E-state index >= 15 is 0 Å². The molecule has 0 bridgehead atoms. The van der Waals surface area contributed by atoms with E-state index in [1.54, 1.807) is 0 Å². The number of para-hydroxylation sites is 1. The van der Waals surface area contributed by atoms with Crippen molar-refractivity contribution in [1.29, 1.82) is 0 Å². The fourth-order valence-corrected chi connectivity index (χ4v) is 5.69. The molecule has 0 unspecified atom stereocenters. The molecule has 24 nitrogen and oxygen atoms in total. The molecule has 24 heteroatoms. The highest BCUT2D eigenvalue weighted by Crippen LogP contribution is 2.54. The Labute approximate surface area is 346 Å². The highest BCUT2D eigenvalue weighted by molar-refractivity contribution is 6.17. The normalized spacial score (nSPS) is 10.9. The molecule has 0 heterocycles. The number of carbonyl (C=O) groups is 3. The maximum absolute atomic E-state index is 13.9. The Balaban J connectivity index is 1.36. The first kappa shape index (κ1) is 42.7. The summed E-state index contributed by atoms with van der Waals surface area (Å²) in [6.07, 6.45) is 0. The Morgan fingerprint density at radius 1 is 0.302 bits per heavy atom. The van der Waals surface area contributed by atoms with Crippen molar-refractivity contribution in [2.75, 3.05) is 0 Å². The zero-order valence-corrected chi connectivity index (χ0v) is 30.7. The number of carbonyl (C=O) groups excluding carboxylic acids is 3. The third-order valence-corrected chi connectivity index (χ3v) is 8.87. The van der Waals surface area contributed by atoms with Crippen molar-refractivity contribution in [1.82, 2.24) is 0 Å². The molecule has 6 aromatic carbocycles. The molecule has 0 aliphatic rings. The smallest absolute Gasteiger partial charge is 0.266 e. The van der Waals surface area contributed by atoms with Gasteiger partial charge in [0.2, 0.25) is 40.3 Å². The average Bonchev–Trinajstić information content (AvgIpc) is 3.23. The Bertz CT molecular complexity index is 2940. The fourth-order valence-electron chi connectivity index (χ4n) is 5.69. The van der Waals surface area contributed by atoms with Crippen molar-refractivity contribution in [3.05, 3.63) is 88.0 Å². The number of rotatable bonds is 12. The van der Waals surface area contributed by atoms with Crippen molar-refractivity contribution in [2.24, 2.45) is 0 Å². The lowest BCUT2D eigenvalue weighted by atomic mass is 9.98. The summed E-state index contributed by atoms with van der Waals surface area (Å²) in [5.74, 6) is -31.1. The number of benzene rings is 6. The van der Waals surface area contributed by atoms with Gasteiger partial charge in [-0.2, -0.15) is 0 Å². The van der Waals surface area contributed by atoms with E-state index in [0.29, 0.717) is 24.3 Å². The summed E-state index contributed by atoms with van der Waals surface area (Å²) in [7, 11) is 0. The van der Waals surface area contributed by atoms with Crippen LogP contribution in [-0.2, 0) is 0 Å².